The average molecular weight is 700 g/mol. The lowest BCUT2D eigenvalue weighted by molar-refractivity contribution is -0.112. The Morgan fingerprint density at radius 3 is 2.36 bits per heavy atom. The summed E-state index contributed by atoms with van der Waals surface area (Å²) >= 11 is 0. The van der Waals surface area contributed by atoms with Crippen molar-refractivity contribution >= 4 is 61.3 Å². The predicted molar refractivity (Wildman–Crippen MR) is 198 cm³/mol. The molecule has 3 aromatic carbocycles. The average Bonchev–Trinajstić information content (AvgIpc) is 3.76. The summed E-state index contributed by atoms with van der Waals surface area (Å²) in [5.74, 6) is -0.219. The molecule has 2 aliphatic rings. The summed E-state index contributed by atoms with van der Waals surface area (Å²) < 4.78 is 32.3. The molecule has 13 heteroatoms. The highest BCUT2D eigenvalue weighted by Crippen LogP contribution is 2.39. The lowest BCUT2D eigenvalue weighted by Gasteiger charge is -2.28. The fourth-order valence-corrected chi connectivity index (χ4v) is 7.36. The Bertz CT molecular complexity index is 2020. The molecule has 0 saturated carbocycles. The first kappa shape index (κ1) is 35.1. The summed E-state index contributed by atoms with van der Waals surface area (Å²) in [5.41, 5.74) is 1.60. The highest BCUT2D eigenvalue weighted by Gasteiger charge is 2.30. The molecule has 6 rings (SSSR count). The van der Waals surface area contributed by atoms with Gasteiger partial charge in [-0.15, -0.1) is 0 Å². The molecule has 2 saturated heterocycles. The van der Waals surface area contributed by atoms with E-state index in [9.17, 15) is 18.0 Å². The van der Waals surface area contributed by atoms with E-state index in [1.807, 2.05) is 45.0 Å². The molecule has 12 nitrogen and oxygen atoms in total. The Labute approximate surface area is 293 Å². The van der Waals surface area contributed by atoms with Crippen LogP contribution in [0.1, 0.15) is 62.4 Å². The maximum Gasteiger partial charge on any atom is 0.296 e. The smallest absolute Gasteiger partial charge is 0.296 e. The van der Waals surface area contributed by atoms with Crippen molar-refractivity contribution in [2.75, 3.05) is 59.8 Å². The molecule has 0 unspecified atom stereocenters. The third-order valence-corrected chi connectivity index (χ3v) is 9.88. The number of likely N-dealkylation sites (tertiary alicyclic amines) is 1. The molecule has 1 atom stereocenters. The van der Waals surface area contributed by atoms with Gasteiger partial charge in [0.15, 0.2) is 5.75 Å². The number of nitrogens with one attached hydrogen (secondary N) is 3. The van der Waals surface area contributed by atoms with Crippen molar-refractivity contribution in [2.24, 2.45) is 0 Å². The van der Waals surface area contributed by atoms with Gasteiger partial charge < -0.3 is 25.2 Å². The van der Waals surface area contributed by atoms with E-state index < -0.39 is 27.1 Å². The second kappa shape index (κ2) is 14.2. The molecule has 2 fully saturated rings. The number of benzene rings is 3. The largest absolute Gasteiger partial charge is 0.492 e. The number of hydrogen-bond donors (Lipinski definition) is 3. The minimum atomic E-state index is -3.67. The van der Waals surface area contributed by atoms with Crippen LogP contribution in [0.5, 0.6) is 5.75 Å². The number of sulfonamides is 1. The van der Waals surface area contributed by atoms with E-state index in [0.29, 0.717) is 23.2 Å². The van der Waals surface area contributed by atoms with E-state index in [1.165, 1.54) is 20.0 Å². The molecule has 0 spiro atoms. The van der Waals surface area contributed by atoms with Crippen LogP contribution in [0.4, 0.5) is 28.8 Å². The van der Waals surface area contributed by atoms with Crippen molar-refractivity contribution in [3.05, 3.63) is 71.9 Å². The number of nitrogens with zero attached hydrogens (tertiary/aromatic N) is 4. The van der Waals surface area contributed by atoms with Gasteiger partial charge >= 0.3 is 0 Å². The van der Waals surface area contributed by atoms with Crippen LogP contribution in [0.15, 0.2) is 60.8 Å². The Morgan fingerprint density at radius 2 is 1.66 bits per heavy atom. The van der Waals surface area contributed by atoms with Crippen LogP contribution in [0.25, 0.3) is 10.8 Å². The molecule has 3 N–H and O–H groups in total. The molecular formula is C37H45N7O5S. The first-order valence-electron chi connectivity index (χ1n) is 17.0. The molecule has 4 aromatic rings. The molecule has 3 heterocycles. The normalized spacial score (nSPS) is 16.8. The standard InChI is InChI=1S/C37H45N7O5S/c1-37(2,3)24-21-30(34(49-4)31(22-24)42-50(5,47)48)40-35(46)33(45)28-14-15-29(27-13-7-6-12-26(27)28)39-32-16-17-38-36(41-32)44-20-10-11-25(44)23-43-18-8-9-19-43/h6-7,12-17,21-22,25,42H,8-11,18-20,23H2,1-5H3,(H,40,46)(H,38,39,41)/t25-/m0/s1. The minimum absolute atomic E-state index is 0.0921. The zero-order chi connectivity index (χ0) is 35.6. The molecule has 50 heavy (non-hydrogen) atoms. The van der Waals surface area contributed by atoms with Gasteiger partial charge in [0.25, 0.3) is 11.7 Å². The van der Waals surface area contributed by atoms with Gasteiger partial charge in [-0.2, -0.15) is 4.98 Å². The number of methoxy groups -OCH3 is 1. The first-order chi connectivity index (χ1) is 23.8. The monoisotopic (exact) mass is 699 g/mol. The first-order valence-corrected chi connectivity index (χ1v) is 18.9. The van der Waals surface area contributed by atoms with Gasteiger partial charge in [-0.05, 0) is 85.5 Å². The predicted octanol–water partition coefficient (Wildman–Crippen LogP) is 5.94. The van der Waals surface area contributed by atoms with Gasteiger partial charge in [-0.3, -0.25) is 14.3 Å². The van der Waals surface area contributed by atoms with Crippen LogP contribution < -0.4 is 25.0 Å². The number of aromatic nitrogens is 2. The Kier molecular flexibility index (Phi) is 9.99. The Morgan fingerprint density at radius 1 is 0.940 bits per heavy atom. The van der Waals surface area contributed by atoms with Crippen molar-refractivity contribution in [1.29, 1.82) is 0 Å². The molecule has 1 amide bonds. The molecule has 0 aliphatic carbocycles. The van der Waals surface area contributed by atoms with Gasteiger partial charge in [0.2, 0.25) is 16.0 Å². The third kappa shape index (κ3) is 7.84. The molecule has 0 radical (unpaired) electrons. The van der Waals surface area contributed by atoms with E-state index in [2.05, 4.69) is 30.1 Å². The number of carbonyl (C=O) groups is 2. The number of hydrogen-bond acceptors (Lipinski definition) is 10. The number of fused-ring (bicyclic) bond motifs is 1. The van der Waals surface area contributed by atoms with Gasteiger partial charge in [0.1, 0.15) is 5.82 Å². The summed E-state index contributed by atoms with van der Waals surface area (Å²) in [7, 11) is -2.30. The number of amides is 1. The van der Waals surface area contributed by atoms with E-state index >= 15 is 0 Å². The van der Waals surface area contributed by atoms with Crippen molar-refractivity contribution in [3.8, 4) is 5.75 Å². The van der Waals surface area contributed by atoms with Gasteiger partial charge in [-0.1, -0.05) is 45.0 Å². The molecule has 2 aliphatic heterocycles. The summed E-state index contributed by atoms with van der Waals surface area (Å²) in [4.78, 5) is 41.7. The minimum Gasteiger partial charge on any atom is -0.492 e. The topological polar surface area (TPSA) is 146 Å². The van der Waals surface area contributed by atoms with Crippen LogP contribution in [-0.4, -0.2) is 80.6 Å². The maximum atomic E-state index is 13.8. The number of ketones is 1. The van der Waals surface area contributed by atoms with E-state index in [-0.39, 0.29) is 22.7 Å². The number of carbonyl (C=O) groups excluding carboxylic acids is 2. The van der Waals surface area contributed by atoms with Gasteiger partial charge in [0, 0.05) is 42.0 Å². The SMILES string of the molecule is COc1c(NC(=O)C(=O)c2ccc(Nc3ccnc(N4CCC[C@H]4CN4CCCC4)n3)c3ccccc23)cc(C(C)(C)C)cc1NS(C)(=O)=O. The fraction of sp³-hybridized carbons (Fsp3) is 0.405. The molecule has 0 bridgehead atoms. The van der Waals surface area contributed by atoms with Crippen LogP contribution >= 0.6 is 0 Å². The van der Waals surface area contributed by atoms with Crippen LogP contribution in [0.3, 0.4) is 0 Å². The maximum absolute atomic E-state index is 13.8. The zero-order valence-electron chi connectivity index (χ0n) is 29.2. The summed E-state index contributed by atoms with van der Waals surface area (Å²) in [6.07, 6.45) is 7.55. The van der Waals surface area contributed by atoms with Crippen molar-refractivity contribution in [1.82, 2.24) is 14.9 Å². The molecule has 1 aromatic heterocycles. The number of rotatable bonds is 11. The highest BCUT2D eigenvalue weighted by atomic mass is 32.2. The summed E-state index contributed by atoms with van der Waals surface area (Å²) in [6.45, 7) is 10.1. The lowest BCUT2D eigenvalue weighted by atomic mass is 9.86. The van der Waals surface area contributed by atoms with Gasteiger partial charge in [0.05, 0.1) is 24.7 Å². The van der Waals surface area contributed by atoms with Crippen molar-refractivity contribution in [3.63, 3.8) is 0 Å². The van der Waals surface area contributed by atoms with Crippen molar-refractivity contribution < 1.29 is 22.7 Å². The second-order valence-electron chi connectivity index (χ2n) is 14.1. The third-order valence-electron chi connectivity index (χ3n) is 9.28. The number of anilines is 5. The number of Topliss-reactive ketones (excluding diaryl/α,β-unsaturated/α-hetero) is 1. The lowest BCUT2D eigenvalue weighted by Crippen LogP contribution is -2.40. The van der Waals surface area contributed by atoms with Gasteiger partial charge in [-0.25, -0.2) is 13.4 Å². The zero-order valence-corrected chi connectivity index (χ0v) is 30.1. The Hall–Kier alpha value is -4.75. The summed E-state index contributed by atoms with van der Waals surface area (Å²) in [5, 5.41) is 7.44. The Balaban J connectivity index is 1.25. The van der Waals surface area contributed by atoms with E-state index in [0.717, 1.165) is 61.9 Å². The van der Waals surface area contributed by atoms with E-state index in [4.69, 9.17) is 9.72 Å². The summed E-state index contributed by atoms with van der Waals surface area (Å²) in [6, 6.07) is 16.3. The van der Waals surface area contributed by atoms with Crippen LogP contribution in [0.2, 0.25) is 0 Å². The quantitative estimate of drug-likeness (QED) is 0.127. The number of ether oxygens (including phenoxy) is 1. The van der Waals surface area contributed by atoms with Crippen molar-refractivity contribution in [2.45, 2.75) is 57.9 Å². The van der Waals surface area contributed by atoms with E-state index in [1.54, 1.807) is 36.5 Å². The molecule has 264 valence electrons. The fourth-order valence-electron chi connectivity index (χ4n) is 6.80. The highest BCUT2D eigenvalue weighted by molar-refractivity contribution is 7.92. The van der Waals surface area contributed by atoms with Crippen LogP contribution in [-0.2, 0) is 20.2 Å². The van der Waals surface area contributed by atoms with Crippen LogP contribution in [0, 0.1) is 0 Å². The molecular weight excluding hydrogens is 655 g/mol. The second-order valence-corrected chi connectivity index (χ2v) is 15.8.